The van der Waals surface area contributed by atoms with E-state index in [0.717, 1.165) is 33.4 Å². The second kappa shape index (κ2) is 11.1. The van der Waals surface area contributed by atoms with Gasteiger partial charge in [-0.2, -0.15) is 0 Å². The topological polar surface area (TPSA) is 143 Å². The van der Waals surface area contributed by atoms with Crippen molar-refractivity contribution in [3.05, 3.63) is 115 Å². The fourth-order valence-electron chi connectivity index (χ4n) is 5.81. The van der Waals surface area contributed by atoms with Gasteiger partial charge >= 0.3 is 29.8 Å². The minimum absolute atomic E-state index is 0.0200. The van der Waals surface area contributed by atoms with Gasteiger partial charge in [0.15, 0.2) is 0 Å². The second-order valence-corrected chi connectivity index (χ2v) is 11.4. The predicted octanol–water partition coefficient (Wildman–Crippen LogP) is 6.11. The van der Waals surface area contributed by atoms with Gasteiger partial charge in [-0.1, -0.05) is 6.07 Å². The summed E-state index contributed by atoms with van der Waals surface area (Å²) in [6.07, 6.45) is -1.36. The Morgan fingerprint density at radius 3 is 1.61 bits per heavy atom. The van der Waals surface area contributed by atoms with Gasteiger partial charge < -0.3 is 24.1 Å². The molecular formula is C36H28O10. The van der Waals surface area contributed by atoms with Crippen LogP contribution >= 0.6 is 0 Å². The number of aliphatic hydroxyl groups excluding tert-OH is 1. The Kier molecular flexibility index (Phi) is 7.33. The predicted molar refractivity (Wildman–Crippen MR) is 163 cm³/mol. The van der Waals surface area contributed by atoms with E-state index >= 15 is 0 Å². The van der Waals surface area contributed by atoms with E-state index in [4.69, 9.17) is 14.2 Å². The van der Waals surface area contributed by atoms with Gasteiger partial charge in [0.05, 0.1) is 27.8 Å². The molecule has 4 aromatic carbocycles. The molecule has 0 saturated heterocycles. The van der Waals surface area contributed by atoms with Crippen molar-refractivity contribution in [2.45, 2.75) is 47.8 Å². The second-order valence-electron chi connectivity index (χ2n) is 11.4. The number of hydrogen-bond donors (Lipinski definition) is 1. The minimum atomic E-state index is -1.36. The number of aliphatic hydroxyl groups is 1. The molecule has 232 valence electrons. The molecule has 0 spiro atoms. The van der Waals surface area contributed by atoms with Crippen molar-refractivity contribution < 1.29 is 48.0 Å². The maximum atomic E-state index is 13.1. The molecule has 1 unspecified atom stereocenters. The van der Waals surface area contributed by atoms with Gasteiger partial charge in [-0.25, -0.2) is 24.0 Å². The van der Waals surface area contributed by atoms with Crippen molar-refractivity contribution in [2.24, 2.45) is 0 Å². The smallest absolute Gasteiger partial charge is 0.346 e. The number of carbonyl (C=O) groups is 5. The van der Waals surface area contributed by atoms with Crippen LogP contribution in [-0.2, 0) is 9.47 Å². The molecule has 0 bridgehead atoms. The van der Waals surface area contributed by atoms with Gasteiger partial charge in [-0.05, 0) is 129 Å². The SMILES string of the molecule is Cc1cc(-c2cc(C)c(OC(=O)c3ccc4c(c3)C(=O)OC4O)c(C)c2C)c(C)c(C)c1OC(=O)c1ccc2c(c1)C(=O)OC2=O. The maximum Gasteiger partial charge on any atom is 0.346 e. The van der Waals surface area contributed by atoms with Crippen molar-refractivity contribution in [1.82, 2.24) is 0 Å². The highest BCUT2D eigenvalue weighted by Crippen LogP contribution is 2.40. The molecule has 4 aromatic rings. The van der Waals surface area contributed by atoms with E-state index in [-0.39, 0.29) is 27.8 Å². The van der Waals surface area contributed by atoms with Crippen molar-refractivity contribution in [3.8, 4) is 22.6 Å². The molecule has 10 heteroatoms. The van der Waals surface area contributed by atoms with Gasteiger partial charge in [-0.15, -0.1) is 0 Å². The summed E-state index contributed by atoms with van der Waals surface area (Å²) in [4.78, 5) is 62.0. The number of ether oxygens (including phenoxy) is 4. The van der Waals surface area contributed by atoms with E-state index in [0.29, 0.717) is 28.2 Å². The fraction of sp³-hybridized carbons (Fsp3) is 0.194. The molecule has 6 rings (SSSR count). The third-order valence-corrected chi connectivity index (χ3v) is 8.61. The van der Waals surface area contributed by atoms with Gasteiger partial charge in [0.1, 0.15) is 11.5 Å². The van der Waals surface area contributed by atoms with Crippen molar-refractivity contribution >= 4 is 29.8 Å². The zero-order chi connectivity index (χ0) is 33.2. The van der Waals surface area contributed by atoms with E-state index in [1.807, 2.05) is 53.7 Å². The van der Waals surface area contributed by atoms with Crippen LogP contribution < -0.4 is 9.47 Å². The van der Waals surface area contributed by atoms with Crippen LogP contribution in [0.3, 0.4) is 0 Å². The van der Waals surface area contributed by atoms with Crippen LogP contribution in [0.2, 0.25) is 0 Å². The Labute approximate surface area is 263 Å². The summed E-state index contributed by atoms with van der Waals surface area (Å²) in [5.74, 6) is -2.83. The van der Waals surface area contributed by atoms with Crippen LogP contribution in [0.4, 0.5) is 0 Å². The maximum absolute atomic E-state index is 13.1. The van der Waals surface area contributed by atoms with Crippen LogP contribution in [0.5, 0.6) is 11.5 Å². The minimum Gasteiger partial charge on any atom is -0.428 e. The molecule has 2 aliphatic heterocycles. The van der Waals surface area contributed by atoms with Gasteiger partial charge in [0.25, 0.3) is 0 Å². The normalized spacial score (nSPS) is 14.8. The molecule has 2 heterocycles. The molecule has 0 radical (unpaired) electrons. The first-order chi connectivity index (χ1) is 21.8. The summed E-state index contributed by atoms with van der Waals surface area (Å²) in [7, 11) is 0. The van der Waals surface area contributed by atoms with Crippen LogP contribution in [0.15, 0.2) is 48.5 Å². The van der Waals surface area contributed by atoms with Gasteiger partial charge in [-0.3, -0.25) is 0 Å². The van der Waals surface area contributed by atoms with Gasteiger partial charge in [0, 0.05) is 5.56 Å². The first-order valence-corrected chi connectivity index (χ1v) is 14.4. The number of carbonyl (C=O) groups excluding carboxylic acids is 5. The zero-order valence-corrected chi connectivity index (χ0v) is 25.8. The lowest BCUT2D eigenvalue weighted by atomic mass is 9.88. The van der Waals surface area contributed by atoms with E-state index in [9.17, 15) is 29.1 Å². The number of benzene rings is 4. The van der Waals surface area contributed by atoms with E-state index in [1.54, 1.807) is 0 Å². The summed E-state index contributed by atoms with van der Waals surface area (Å²) < 4.78 is 21.0. The molecule has 46 heavy (non-hydrogen) atoms. The third kappa shape index (κ3) is 4.93. The molecule has 0 aliphatic carbocycles. The summed E-state index contributed by atoms with van der Waals surface area (Å²) in [5.41, 5.74) is 7.25. The number of esters is 5. The highest BCUT2D eigenvalue weighted by molar-refractivity contribution is 6.15. The van der Waals surface area contributed by atoms with Crippen molar-refractivity contribution in [1.29, 1.82) is 0 Å². The Balaban J connectivity index is 1.28. The summed E-state index contributed by atoms with van der Waals surface area (Å²) >= 11 is 0. The Morgan fingerprint density at radius 1 is 0.587 bits per heavy atom. The van der Waals surface area contributed by atoms with Crippen molar-refractivity contribution in [3.63, 3.8) is 0 Å². The van der Waals surface area contributed by atoms with Crippen molar-refractivity contribution in [2.75, 3.05) is 0 Å². The molecule has 1 N–H and O–H groups in total. The Hall–Kier alpha value is -5.61. The van der Waals surface area contributed by atoms with Crippen LogP contribution in [-0.4, -0.2) is 35.0 Å². The molecule has 2 aliphatic rings. The lowest BCUT2D eigenvalue weighted by molar-refractivity contribution is -0.0548. The Bertz CT molecular complexity index is 2070. The highest BCUT2D eigenvalue weighted by atomic mass is 16.6. The molecule has 1 atom stereocenters. The van der Waals surface area contributed by atoms with Crippen LogP contribution in [0.1, 0.15) is 97.0 Å². The molecule has 0 fully saturated rings. The molecule has 0 amide bonds. The lowest BCUT2D eigenvalue weighted by Crippen LogP contribution is -2.13. The molecule has 0 aromatic heterocycles. The summed E-state index contributed by atoms with van der Waals surface area (Å²) in [5, 5.41) is 9.83. The summed E-state index contributed by atoms with van der Waals surface area (Å²) in [6.45, 7) is 11.2. The fourth-order valence-corrected chi connectivity index (χ4v) is 5.81. The molecular weight excluding hydrogens is 592 g/mol. The highest BCUT2D eigenvalue weighted by Gasteiger charge is 2.32. The first kappa shape index (κ1) is 30.4. The monoisotopic (exact) mass is 620 g/mol. The van der Waals surface area contributed by atoms with Crippen LogP contribution in [0.25, 0.3) is 11.1 Å². The number of fused-ring (bicyclic) bond motifs is 2. The summed E-state index contributed by atoms with van der Waals surface area (Å²) in [6, 6.07) is 12.2. The number of rotatable bonds is 5. The zero-order valence-electron chi connectivity index (χ0n) is 25.8. The van der Waals surface area contributed by atoms with Crippen LogP contribution in [0, 0.1) is 41.5 Å². The van der Waals surface area contributed by atoms with E-state index in [2.05, 4.69) is 4.74 Å². The standard InChI is InChI=1S/C36H28O10/c1-15-11-25(17(3)19(5)29(15)43-31(37)21-7-9-23-27(13-21)35(41)45-33(23)39)26-12-16(2)30(20(6)18(26)4)44-32(38)22-8-10-24-28(14-22)36(42)46-34(24)40/h7-14,33,39H,1-6H3. The third-order valence-electron chi connectivity index (χ3n) is 8.61. The molecule has 0 saturated carbocycles. The average molecular weight is 621 g/mol. The number of cyclic esters (lactones) is 3. The first-order valence-electron chi connectivity index (χ1n) is 14.4. The average Bonchev–Trinajstić information content (AvgIpc) is 3.48. The largest absolute Gasteiger partial charge is 0.428 e. The molecule has 10 nitrogen and oxygen atoms in total. The van der Waals surface area contributed by atoms with Gasteiger partial charge in [0.2, 0.25) is 6.29 Å². The Morgan fingerprint density at radius 2 is 1.07 bits per heavy atom. The number of hydrogen-bond acceptors (Lipinski definition) is 10. The lowest BCUT2D eigenvalue weighted by Gasteiger charge is -2.21. The van der Waals surface area contributed by atoms with E-state index in [1.165, 1.54) is 36.4 Å². The quantitative estimate of drug-likeness (QED) is 0.158. The van der Waals surface area contributed by atoms with E-state index < -0.39 is 36.1 Å². The number of aryl methyl sites for hydroxylation is 2.